The Labute approximate surface area is 166 Å². The van der Waals surface area contributed by atoms with Crippen LogP contribution in [0.15, 0.2) is 48.5 Å². The van der Waals surface area contributed by atoms with E-state index in [4.69, 9.17) is 9.47 Å². The van der Waals surface area contributed by atoms with Gasteiger partial charge in [0.1, 0.15) is 18.0 Å². The van der Waals surface area contributed by atoms with Crippen molar-refractivity contribution in [1.82, 2.24) is 5.32 Å². The van der Waals surface area contributed by atoms with Crippen LogP contribution in [0.5, 0.6) is 11.5 Å². The molecule has 2 aromatic rings. The van der Waals surface area contributed by atoms with Gasteiger partial charge in [-0.15, -0.1) is 0 Å². The van der Waals surface area contributed by atoms with Gasteiger partial charge in [0.05, 0.1) is 25.2 Å². The fourth-order valence-electron chi connectivity index (χ4n) is 2.60. The number of hydrogen-bond acceptors (Lipinski definition) is 5. The lowest BCUT2D eigenvalue weighted by Crippen LogP contribution is -2.40. The van der Waals surface area contributed by atoms with E-state index in [-0.39, 0.29) is 19.2 Å². The van der Waals surface area contributed by atoms with Gasteiger partial charge in [-0.3, -0.25) is 9.10 Å². The number of hydrogen-bond donors (Lipinski definition) is 1. The summed E-state index contributed by atoms with van der Waals surface area (Å²) >= 11 is 0. The molecular weight excluding hydrogens is 380 g/mol. The first kappa shape index (κ1) is 21.6. The van der Waals surface area contributed by atoms with Gasteiger partial charge in [0.25, 0.3) is 0 Å². The number of rotatable bonds is 9. The molecule has 0 saturated heterocycles. The first-order chi connectivity index (χ1) is 13.2. The summed E-state index contributed by atoms with van der Waals surface area (Å²) < 4.78 is 36.4. The average molecular weight is 407 g/mol. The van der Waals surface area contributed by atoms with Crippen molar-refractivity contribution < 1.29 is 22.7 Å². The Morgan fingerprint density at radius 1 is 1.14 bits per heavy atom. The largest absolute Gasteiger partial charge is 0.495 e. The molecule has 152 valence electrons. The molecule has 0 radical (unpaired) electrons. The van der Waals surface area contributed by atoms with Crippen LogP contribution in [0.25, 0.3) is 0 Å². The maximum atomic E-state index is 12.4. The summed E-state index contributed by atoms with van der Waals surface area (Å²) in [6, 6.07) is 14.1. The van der Waals surface area contributed by atoms with Crippen molar-refractivity contribution in [1.29, 1.82) is 0 Å². The molecule has 0 saturated carbocycles. The van der Waals surface area contributed by atoms with Gasteiger partial charge in [0, 0.05) is 6.54 Å². The number of amides is 1. The molecule has 0 aliphatic carbocycles. The fourth-order valence-corrected chi connectivity index (χ4v) is 3.46. The van der Waals surface area contributed by atoms with Gasteiger partial charge in [-0.25, -0.2) is 8.42 Å². The van der Waals surface area contributed by atoms with Crippen molar-refractivity contribution in [3.05, 3.63) is 54.1 Å². The average Bonchev–Trinajstić information content (AvgIpc) is 2.63. The van der Waals surface area contributed by atoms with E-state index in [0.29, 0.717) is 17.2 Å². The van der Waals surface area contributed by atoms with Crippen LogP contribution in [-0.2, 0) is 21.4 Å². The quantitative estimate of drug-likeness (QED) is 0.692. The second kappa shape index (κ2) is 9.45. The summed E-state index contributed by atoms with van der Waals surface area (Å²) in [5.41, 5.74) is 1.17. The number of carbonyl (C=O) groups is 1. The van der Waals surface area contributed by atoms with E-state index < -0.39 is 15.9 Å². The minimum atomic E-state index is -3.68. The fraction of sp³-hybridized carbons (Fsp3) is 0.350. The van der Waals surface area contributed by atoms with Crippen molar-refractivity contribution in [3.8, 4) is 11.5 Å². The molecule has 7 nitrogen and oxygen atoms in total. The molecule has 0 heterocycles. The zero-order valence-electron chi connectivity index (χ0n) is 16.5. The zero-order chi connectivity index (χ0) is 20.7. The number of benzene rings is 2. The van der Waals surface area contributed by atoms with E-state index in [1.165, 1.54) is 7.11 Å². The van der Waals surface area contributed by atoms with Gasteiger partial charge in [0.15, 0.2) is 0 Å². The summed E-state index contributed by atoms with van der Waals surface area (Å²) in [7, 11) is -2.23. The van der Waals surface area contributed by atoms with Crippen LogP contribution in [0.3, 0.4) is 0 Å². The Hall–Kier alpha value is -2.74. The van der Waals surface area contributed by atoms with E-state index in [0.717, 1.165) is 16.1 Å². The van der Waals surface area contributed by atoms with Crippen LogP contribution < -0.4 is 19.1 Å². The van der Waals surface area contributed by atoms with Gasteiger partial charge in [-0.2, -0.15) is 0 Å². The Morgan fingerprint density at radius 2 is 1.86 bits per heavy atom. The molecular formula is C20H26N2O5S. The molecule has 2 aromatic carbocycles. The van der Waals surface area contributed by atoms with Crippen LogP contribution in [-0.4, -0.2) is 40.3 Å². The highest BCUT2D eigenvalue weighted by molar-refractivity contribution is 7.92. The molecule has 0 fully saturated rings. The number of nitrogens with one attached hydrogen (secondary N) is 1. The lowest BCUT2D eigenvalue weighted by atomic mass is 10.2. The monoisotopic (exact) mass is 406 g/mol. The normalized spacial score (nSPS) is 11.2. The van der Waals surface area contributed by atoms with Crippen LogP contribution >= 0.6 is 0 Å². The predicted octanol–water partition coefficient (Wildman–Crippen LogP) is 2.56. The van der Waals surface area contributed by atoms with E-state index in [9.17, 15) is 13.2 Å². The Kier molecular flexibility index (Phi) is 7.28. The highest BCUT2D eigenvalue weighted by atomic mass is 32.2. The zero-order valence-corrected chi connectivity index (χ0v) is 17.3. The molecule has 0 aromatic heterocycles. The second-order valence-electron chi connectivity index (χ2n) is 6.53. The lowest BCUT2D eigenvalue weighted by molar-refractivity contribution is -0.119. The highest BCUT2D eigenvalue weighted by Gasteiger charge is 2.23. The predicted molar refractivity (Wildman–Crippen MR) is 109 cm³/mol. The van der Waals surface area contributed by atoms with Crippen LogP contribution in [0.4, 0.5) is 5.69 Å². The summed E-state index contributed by atoms with van der Waals surface area (Å²) in [6.45, 7) is 3.79. The summed E-state index contributed by atoms with van der Waals surface area (Å²) in [4.78, 5) is 12.4. The highest BCUT2D eigenvalue weighted by Crippen LogP contribution is 2.29. The third-order valence-electron chi connectivity index (χ3n) is 3.80. The Bertz CT molecular complexity index is 912. The SMILES string of the molecule is COc1ccccc1N(CC(=O)NCc1cccc(OC(C)C)c1)S(C)(=O)=O. The van der Waals surface area contributed by atoms with Crippen LogP contribution in [0, 0.1) is 0 Å². The minimum absolute atomic E-state index is 0.0500. The molecule has 28 heavy (non-hydrogen) atoms. The molecule has 1 N–H and O–H groups in total. The number of sulfonamides is 1. The molecule has 0 aliphatic rings. The molecule has 1 amide bonds. The molecule has 8 heteroatoms. The van der Waals surface area contributed by atoms with Crippen molar-refractivity contribution >= 4 is 21.6 Å². The van der Waals surface area contributed by atoms with Crippen molar-refractivity contribution in [2.24, 2.45) is 0 Å². The number of carbonyl (C=O) groups excluding carboxylic acids is 1. The van der Waals surface area contributed by atoms with E-state index >= 15 is 0 Å². The topological polar surface area (TPSA) is 84.9 Å². The molecule has 0 bridgehead atoms. The van der Waals surface area contributed by atoms with Gasteiger partial charge in [-0.05, 0) is 43.7 Å². The number of methoxy groups -OCH3 is 1. The van der Waals surface area contributed by atoms with Gasteiger partial charge in [0.2, 0.25) is 15.9 Å². The summed E-state index contributed by atoms with van der Waals surface area (Å²) in [5.74, 6) is 0.666. The van der Waals surface area contributed by atoms with Crippen molar-refractivity contribution in [2.75, 3.05) is 24.2 Å². The third-order valence-corrected chi connectivity index (χ3v) is 4.93. The van der Waals surface area contributed by atoms with E-state index in [1.54, 1.807) is 24.3 Å². The molecule has 0 unspecified atom stereocenters. The standard InChI is InChI=1S/C20H26N2O5S/c1-15(2)27-17-9-7-8-16(12-17)13-21-20(23)14-22(28(4,24)25)18-10-5-6-11-19(18)26-3/h5-12,15H,13-14H2,1-4H3,(H,21,23). The van der Waals surface area contributed by atoms with Crippen LogP contribution in [0.2, 0.25) is 0 Å². The molecule has 0 atom stereocenters. The Morgan fingerprint density at radius 3 is 2.50 bits per heavy atom. The first-order valence-electron chi connectivity index (χ1n) is 8.83. The lowest BCUT2D eigenvalue weighted by Gasteiger charge is -2.23. The molecule has 0 spiro atoms. The number of para-hydroxylation sites is 2. The number of nitrogens with zero attached hydrogens (tertiary/aromatic N) is 1. The minimum Gasteiger partial charge on any atom is -0.495 e. The van der Waals surface area contributed by atoms with Gasteiger partial charge < -0.3 is 14.8 Å². The van der Waals surface area contributed by atoms with E-state index in [1.807, 2.05) is 38.1 Å². The summed E-state index contributed by atoms with van der Waals surface area (Å²) in [6.07, 6.45) is 1.11. The summed E-state index contributed by atoms with van der Waals surface area (Å²) in [5, 5.41) is 2.75. The van der Waals surface area contributed by atoms with Gasteiger partial charge >= 0.3 is 0 Å². The smallest absolute Gasteiger partial charge is 0.241 e. The van der Waals surface area contributed by atoms with E-state index in [2.05, 4.69) is 5.32 Å². The maximum absolute atomic E-state index is 12.4. The van der Waals surface area contributed by atoms with Crippen molar-refractivity contribution in [2.45, 2.75) is 26.5 Å². The molecule has 0 aliphatic heterocycles. The Balaban J connectivity index is 2.09. The second-order valence-corrected chi connectivity index (χ2v) is 8.44. The molecule has 2 rings (SSSR count). The third kappa shape index (κ3) is 6.16. The van der Waals surface area contributed by atoms with Crippen molar-refractivity contribution in [3.63, 3.8) is 0 Å². The maximum Gasteiger partial charge on any atom is 0.241 e. The number of ether oxygens (including phenoxy) is 2. The number of anilines is 1. The van der Waals surface area contributed by atoms with Crippen LogP contribution in [0.1, 0.15) is 19.4 Å². The van der Waals surface area contributed by atoms with Gasteiger partial charge in [-0.1, -0.05) is 24.3 Å². The first-order valence-corrected chi connectivity index (χ1v) is 10.7.